The predicted octanol–water partition coefficient (Wildman–Crippen LogP) is 4.84. The first-order chi connectivity index (χ1) is 10.1. The highest BCUT2D eigenvalue weighted by Crippen LogP contribution is 2.22. The van der Waals surface area contributed by atoms with Crippen LogP contribution in [0.2, 0.25) is 0 Å². The third-order valence-corrected chi connectivity index (χ3v) is 3.42. The molecule has 0 amide bonds. The molecule has 0 aliphatic rings. The standard InChI is InChI=1S/C19H22O2/c1-14(2)12-16-4-8-18(9-5-16)15(3)21-19-10-6-17(13-20)7-11-19/h4-11,13-15H,12H2,1-3H3/t15-/m1/s1. The molecule has 2 rings (SSSR count). The van der Waals surface area contributed by atoms with Gasteiger partial charge >= 0.3 is 0 Å². The number of hydrogen-bond acceptors (Lipinski definition) is 2. The lowest BCUT2D eigenvalue weighted by molar-refractivity contribution is 0.112. The van der Waals surface area contributed by atoms with Crippen molar-refractivity contribution in [2.45, 2.75) is 33.3 Å². The Bertz CT molecular complexity index is 568. The average Bonchev–Trinajstić information content (AvgIpc) is 2.48. The number of carbonyl (C=O) groups excluding carboxylic acids is 1. The minimum atomic E-state index is -0.0137. The normalized spacial score (nSPS) is 12.2. The fourth-order valence-electron chi connectivity index (χ4n) is 2.29. The molecule has 2 aromatic rings. The van der Waals surface area contributed by atoms with E-state index in [2.05, 4.69) is 38.1 Å². The first-order valence-electron chi connectivity index (χ1n) is 7.39. The zero-order chi connectivity index (χ0) is 15.2. The zero-order valence-electron chi connectivity index (χ0n) is 12.9. The average molecular weight is 282 g/mol. The molecule has 0 unspecified atom stereocenters. The molecule has 0 fully saturated rings. The summed E-state index contributed by atoms with van der Waals surface area (Å²) in [6, 6.07) is 15.8. The maximum Gasteiger partial charge on any atom is 0.150 e. The Morgan fingerprint density at radius 2 is 1.57 bits per heavy atom. The third-order valence-electron chi connectivity index (χ3n) is 3.42. The van der Waals surface area contributed by atoms with Crippen LogP contribution in [0.15, 0.2) is 48.5 Å². The number of benzene rings is 2. The second kappa shape index (κ2) is 7.07. The molecule has 0 saturated heterocycles. The van der Waals surface area contributed by atoms with Crippen LogP contribution in [0.25, 0.3) is 0 Å². The van der Waals surface area contributed by atoms with Crippen LogP contribution >= 0.6 is 0 Å². The van der Waals surface area contributed by atoms with Gasteiger partial charge in [0.2, 0.25) is 0 Å². The van der Waals surface area contributed by atoms with E-state index in [0.29, 0.717) is 11.5 Å². The molecule has 0 aliphatic carbocycles. The van der Waals surface area contributed by atoms with Crippen molar-refractivity contribution >= 4 is 6.29 Å². The summed E-state index contributed by atoms with van der Waals surface area (Å²) in [5.41, 5.74) is 3.17. The van der Waals surface area contributed by atoms with Gasteiger partial charge in [0, 0.05) is 5.56 Å². The summed E-state index contributed by atoms with van der Waals surface area (Å²) in [5.74, 6) is 1.44. The Labute approximate surface area is 126 Å². The van der Waals surface area contributed by atoms with Gasteiger partial charge in [0.25, 0.3) is 0 Å². The van der Waals surface area contributed by atoms with Gasteiger partial charge in [-0.3, -0.25) is 4.79 Å². The molecule has 0 N–H and O–H groups in total. The maximum absolute atomic E-state index is 10.6. The van der Waals surface area contributed by atoms with Gasteiger partial charge < -0.3 is 4.74 Å². The van der Waals surface area contributed by atoms with Crippen LogP contribution in [0.5, 0.6) is 5.75 Å². The van der Waals surface area contributed by atoms with E-state index in [4.69, 9.17) is 4.74 Å². The zero-order valence-corrected chi connectivity index (χ0v) is 12.9. The summed E-state index contributed by atoms with van der Waals surface area (Å²) >= 11 is 0. The lowest BCUT2D eigenvalue weighted by Crippen LogP contribution is -2.03. The quantitative estimate of drug-likeness (QED) is 0.709. The van der Waals surface area contributed by atoms with Gasteiger partial charge in [0.05, 0.1) is 0 Å². The van der Waals surface area contributed by atoms with E-state index in [1.165, 1.54) is 5.56 Å². The summed E-state index contributed by atoms with van der Waals surface area (Å²) in [5, 5.41) is 0. The van der Waals surface area contributed by atoms with Crippen LogP contribution in [0, 0.1) is 5.92 Å². The van der Waals surface area contributed by atoms with Crippen LogP contribution in [0.4, 0.5) is 0 Å². The molecule has 0 saturated carbocycles. The van der Waals surface area contributed by atoms with E-state index in [9.17, 15) is 4.79 Å². The van der Waals surface area contributed by atoms with Crippen molar-refractivity contribution in [3.63, 3.8) is 0 Å². The van der Waals surface area contributed by atoms with Crippen LogP contribution in [0.1, 0.15) is 48.4 Å². The Morgan fingerprint density at radius 1 is 0.952 bits per heavy atom. The smallest absolute Gasteiger partial charge is 0.150 e. The highest BCUT2D eigenvalue weighted by Gasteiger charge is 2.08. The number of hydrogen-bond donors (Lipinski definition) is 0. The van der Waals surface area contributed by atoms with Crippen molar-refractivity contribution in [3.8, 4) is 5.75 Å². The monoisotopic (exact) mass is 282 g/mol. The summed E-state index contributed by atoms with van der Waals surface area (Å²) in [7, 11) is 0. The number of rotatable bonds is 6. The van der Waals surface area contributed by atoms with Gasteiger partial charge in [-0.05, 0) is 54.7 Å². The summed E-state index contributed by atoms with van der Waals surface area (Å²) in [4.78, 5) is 10.6. The molecule has 0 aromatic heterocycles. The van der Waals surface area contributed by atoms with Gasteiger partial charge in [-0.25, -0.2) is 0 Å². The third kappa shape index (κ3) is 4.45. The second-order valence-electron chi connectivity index (χ2n) is 5.79. The van der Waals surface area contributed by atoms with Crippen LogP contribution < -0.4 is 4.74 Å². The highest BCUT2D eigenvalue weighted by atomic mass is 16.5. The second-order valence-corrected chi connectivity index (χ2v) is 5.79. The van der Waals surface area contributed by atoms with E-state index in [1.807, 2.05) is 19.1 Å². The topological polar surface area (TPSA) is 26.3 Å². The van der Waals surface area contributed by atoms with Crippen molar-refractivity contribution in [2.24, 2.45) is 5.92 Å². The summed E-state index contributed by atoms with van der Waals surface area (Å²) in [6.07, 6.45) is 1.92. The molecule has 110 valence electrons. The minimum Gasteiger partial charge on any atom is -0.486 e. The molecule has 0 spiro atoms. The van der Waals surface area contributed by atoms with Crippen molar-refractivity contribution in [3.05, 3.63) is 65.2 Å². The van der Waals surface area contributed by atoms with E-state index >= 15 is 0 Å². The molecular weight excluding hydrogens is 260 g/mol. The van der Waals surface area contributed by atoms with Crippen molar-refractivity contribution in [1.29, 1.82) is 0 Å². The minimum absolute atomic E-state index is 0.0137. The van der Waals surface area contributed by atoms with E-state index in [-0.39, 0.29) is 6.10 Å². The first-order valence-corrected chi connectivity index (χ1v) is 7.39. The number of aldehydes is 1. The van der Waals surface area contributed by atoms with Crippen LogP contribution in [-0.2, 0) is 6.42 Å². The molecule has 1 atom stereocenters. The van der Waals surface area contributed by atoms with Gasteiger partial charge in [-0.1, -0.05) is 38.1 Å². The molecule has 2 nitrogen and oxygen atoms in total. The molecule has 0 bridgehead atoms. The summed E-state index contributed by atoms with van der Waals surface area (Å²) in [6.45, 7) is 6.48. The molecular formula is C19H22O2. The molecule has 2 heteroatoms. The lowest BCUT2D eigenvalue weighted by Gasteiger charge is -2.16. The highest BCUT2D eigenvalue weighted by molar-refractivity contribution is 5.74. The van der Waals surface area contributed by atoms with Crippen molar-refractivity contribution in [1.82, 2.24) is 0 Å². The van der Waals surface area contributed by atoms with Gasteiger partial charge in [-0.2, -0.15) is 0 Å². The fraction of sp³-hybridized carbons (Fsp3) is 0.316. The molecule has 21 heavy (non-hydrogen) atoms. The Balaban J connectivity index is 2.01. The van der Waals surface area contributed by atoms with Gasteiger partial charge in [-0.15, -0.1) is 0 Å². The number of ether oxygens (including phenoxy) is 1. The van der Waals surface area contributed by atoms with Gasteiger partial charge in [0.1, 0.15) is 18.1 Å². The molecule has 0 aliphatic heterocycles. The Morgan fingerprint density at radius 3 is 2.10 bits per heavy atom. The number of carbonyl (C=O) groups is 1. The Kier molecular flexibility index (Phi) is 5.15. The van der Waals surface area contributed by atoms with E-state index in [0.717, 1.165) is 24.0 Å². The van der Waals surface area contributed by atoms with E-state index in [1.54, 1.807) is 12.1 Å². The SMILES string of the molecule is CC(C)Cc1ccc([C@@H](C)Oc2ccc(C=O)cc2)cc1. The fourth-order valence-corrected chi connectivity index (χ4v) is 2.29. The molecule has 0 heterocycles. The van der Waals surface area contributed by atoms with Crippen molar-refractivity contribution < 1.29 is 9.53 Å². The van der Waals surface area contributed by atoms with Crippen molar-refractivity contribution in [2.75, 3.05) is 0 Å². The molecule has 0 radical (unpaired) electrons. The van der Waals surface area contributed by atoms with Crippen LogP contribution in [0.3, 0.4) is 0 Å². The molecule has 2 aromatic carbocycles. The van der Waals surface area contributed by atoms with Crippen LogP contribution in [-0.4, -0.2) is 6.29 Å². The first kappa shape index (κ1) is 15.3. The Hall–Kier alpha value is -2.09. The lowest BCUT2D eigenvalue weighted by atomic mass is 10.0. The predicted molar refractivity (Wildman–Crippen MR) is 85.9 cm³/mol. The van der Waals surface area contributed by atoms with E-state index < -0.39 is 0 Å². The summed E-state index contributed by atoms with van der Waals surface area (Å²) < 4.78 is 5.90. The largest absolute Gasteiger partial charge is 0.486 e. The maximum atomic E-state index is 10.6. The van der Waals surface area contributed by atoms with Gasteiger partial charge in [0.15, 0.2) is 0 Å².